The van der Waals surface area contributed by atoms with Gasteiger partial charge in [-0.1, -0.05) is 6.07 Å². The molecule has 30 heavy (non-hydrogen) atoms. The number of halogens is 1. The molecule has 1 aromatic rings. The van der Waals surface area contributed by atoms with Crippen LogP contribution in [0.5, 0.6) is 11.5 Å². The van der Waals surface area contributed by atoms with Crippen LogP contribution in [-0.2, 0) is 20.7 Å². The van der Waals surface area contributed by atoms with E-state index >= 15 is 0 Å². The Morgan fingerprint density at radius 2 is 1.83 bits per heavy atom. The SMILES string of the molecule is O=C(COC(=O)C12CC3CC(CC(Cl)(C3)C1)C2)NCCc1ccc2c(c1)OCCO2. The van der Waals surface area contributed by atoms with E-state index in [9.17, 15) is 9.59 Å². The summed E-state index contributed by atoms with van der Waals surface area (Å²) in [6, 6.07) is 5.80. The van der Waals surface area contributed by atoms with Crippen LogP contribution in [0, 0.1) is 17.3 Å². The molecule has 1 N–H and O–H groups in total. The maximum atomic E-state index is 12.9. The van der Waals surface area contributed by atoms with Crippen LogP contribution < -0.4 is 14.8 Å². The second kappa shape index (κ2) is 7.63. The first-order chi connectivity index (χ1) is 14.4. The lowest BCUT2D eigenvalue weighted by Gasteiger charge is -2.58. The van der Waals surface area contributed by atoms with Crippen LogP contribution in [0.1, 0.15) is 44.1 Å². The minimum absolute atomic E-state index is 0.230. The molecule has 0 aromatic heterocycles. The summed E-state index contributed by atoms with van der Waals surface area (Å²) < 4.78 is 16.6. The van der Waals surface area contributed by atoms with Crippen LogP contribution >= 0.6 is 11.6 Å². The Morgan fingerprint density at radius 1 is 1.10 bits per heavy atom. The van der Waals surface area contributed by atoms with E-state index in [4.69, 9.17) is 25.8 Å². The molecule has 0 saturated heterocycles. The molecule has 4 aliphatic carbocycles. The van der Waals surface area contributed by atoms with Gasteiger partial charge in [-0.2, -0.15) is 0 Å². The summed E-state index contributed by atoms with van der Waals surface area (Å²) in [7, 11) is 0. The van der Waals surface area contributed by atoms with Crippen molar-refractivity contribution in [3.05, 3.63) is 23.8 Å². The zero-order valence-electron chi connectivity index (χ0n) is 17.1. The number of carbonyl (C=O) groups excluding carboxylic acids is 2. The summed E-state index contributed by atoms with van der Waals surface area (Å²) >= 11 is 6.79. The van der Waals surface area contributed by atoms with Crippen molar-refractivity contribution in [3.8, 4) is 11.5 Å². The maximum absolute atomic E-state index is 12.9. The minimum atomic E-state index is -0.475. The molecule has 162 valence electrons. The van der Waals surface area contributed by atoms with Gasteiger partial charge in [0.05, 0.1) is 5.41 Å². The highest BCUT2D eigenvalue weighted by molar-refractivity contribution is 6.24. The predicted octanol–water partition coefficient (Wildman–Crippen LogP) is 3.24. The van der Waals surface area contributed by atoms with Gasteiger partial charge in [-0.15, -0.1) is 11.6 Å². The van der Waals surface area contributed by atoms with Crippen molar-refractivity contribution in [1.82, 2.24) is 5.32 Å². The van der Waals surface area contributed by atoms with Gasteiger partial charge in [0.25, 0.3) is 5.91 Å². The standard InChI is InChI=1S/C23H28ClNO5/c24-23-11-16-7-17(12-23)10-22(9-16,14-23)21(27)30-13-20(26)25-4-3-15-1-2-18-19(8-15)29-6-5-28-18/h1-2,8,16-17H,3-7,9-14H2,(H,25,26). The number of benzene rings is 1. The molecule has 6 rings (SSSR count). The van der Waals surface area contributed by atoms with Gasteiger partial charge in [0.2, 0.25) is 0 Å². The molecular weight excluding hydrogens is 406 g/mol. The van der Waals surface area contributed by atoms with Crippen molar-refractivity contribution in [1.29, 1.82) is 0 Å². The van der Waals surface area contributed by atoms with Crippen LogP contribution in [-0.4, -0.2) is 43.1 Å². The molecule has 2 atom stereocenters. The van der Waals surface area contributed by atoms with Gasteiger partial charge in [0.1, 0.15) is 13.2 Å². The van der Waals surface area contributed by atoms with Crippen LogP contribution in [0.25, 0.3) is 0 Å². The summed E-state index contributed by atoms with van der Waals surface area (Å²) in [4.78, 5) is 24.8. The maximum Gasteiger partial charge on any atom is 0.312 e. The fraction of sp³-hybridized carbons (Fsp3) is 0.652. The van der Waals surface area contributed by atoms with E-state index in [0.29, 0.717) is 44.4 Å². The van der Waals surface area contributed by atoms with Gasteiger partial charge < -0.3 is 19.5 Å². The smallest absolute Gasteiger partial charge is 0.312 e. The van der Waals surface area contributed by atoms with Crippen LogP contribution in [0.15, 0.2) is 18.2 Å². The molecule has 2 unspecified atom stereocenters. The highest BCUT2D eigenvalue weighted by Crippen LogP contribution is 2.64. The van der Waals surface area contributed by atoms with Crippen LogP contribution in [0.2, 0.25) is 0 Å². The molecule has 1 aromatic carbocycles. The number of amides is 1. The van der Waals surface area contributed by atoms with Gasteiger partial charge in [0, 0.05) is 11.4 Å². The second-order valence-corrected chi connectivity index (χ2v) is 10.3. The van der Waals surface area contributed by atoms with Gasteiger partial charge in [-0.25, -0.2) is 0 Å². The average Bonchev–Trinajstić information content (AvgIpc) is 2.70. The van der Waals surface area contributed by atoms with Crippen molar-refractivity contribution >= 4 is 23.5 Å². The molecule has 1 amide bonds. The number of esters is 1. The number of alkyl halides is 1. The molecule has 7 heteroatoms. The Balaban J connectivity index is 1.09. The molecule has 0 spiro atoms. The van der Waals surface area contributed by atoms with E-state index in [1.807, 2.05) is 18.2 Å². The molecule has 0 radical (unpaired) electrons. The van der Waals surface area contributed by atoms with Gasteiger partial charge in [0.15, 0.2) is 18.1 Å². The fourth-order valence-corrected chi connectivity index (χ4v) is 7.01. The number of nitrogens with one attached hydrogen (secondary N) is 1. The Bertz CT molecular complexity index is 842. The minimum Gasteiger partial charge on any atom is -0.486 e. The van der Waals surface area contributed by atoms with Gasteiger partial charge in [-0.05, 0) is 74.5 Å². The monoisotopic (exact) mass is 433 g/mol. The highest BCUT2D eigenvalue weighted by atomic mass is 35.5. The first kappa shape index (κ1) is 20.0. The summed E-state index contributed by atoms with van der Waals surface area (Å²) in [5.74, 6) is 2.04. The average molecular weight is 434 g/mol. The number of rotatable bonds is 6. The van der Waals surface area contributed by atoms with Crippen LogP contribution in [0.3, 0.4) is 0 Å². The van der Waals surface area contributed by atoms with E-state index < -0.39 is 5.41 Å². The van der Waals surface area contributed by atoms with Crippen molar-refractivity contribution in [3.63, 3.8) is 0 Å². The lowest BCUT2D eigenvalue weighted by Crippen LogP contribution is -2.56. The molecule has 1 heterocycles. The zero-order valence-corrected chi connectivity index (χ0v) is 17.8. The van der Waals surface area contributed by atoms with Crippen molar-refractivity contribution in [2.45, 2.75) is 49.8 Å². The third-order valence-electron chi connectivity index (χ3n) is 7.10. The topological polar surface area (TPSA) is 73.9 Å². The normalized spacial score (nSPS) is 33.2. The molecular formula is C23H28ClNO5. The number of fused-ring (bicyclic) bond motifs is 1. The molecule has 5 aliphatic rings. The third-order valence-corrected chi connectivity index (χ3v) is 7.54. The second-order valence-electron chi connectivity index (χ2n) is 9.55. The lowest BCUT2D eigenvalue weighted by molar-refractivity contribution is -0.171. The fourth-order valence-electron chi connectivity index (χ4n) is 6.31. The van der Waals surface area contributed by atoms with Crippen molar-refractivity contribution in [2.75, 3.05) is 26.4 Å². The van der Waals surface area contributed by atoms with Crippen LogP contribution in [0.4, 0.5) is 0 Å². The molecule has 4 bridgehead atoms. The lowest BCUT2D eigenvalue weighted by atomic mass is 9.49. The molecule has 1 aliphatic heterocycles. The first-order valence-corrected chi connectivity index (χ1v) is 11.3. The number of ether oxygens (including phenoxy) is 3. The Labute approximate surface area is 181 Å². The Hall–Kier alpha value is -1.95. The largest absolute Gasteiger partial charge is 0.486 e. The Kier molecular flexibility index (Phi) is 5.08. The summed E-state index contributed by atoms with van der Waals surface area (Å²) in [6.45, 7) is 1.35. The first-order valence-electron chi connectivity index (χ1n) is 10.9. The highest BCUT2D eigenvalue weighted by Gasteiger charge is 2.60. The summed E-state index contributed by atoms with van der Waals surface area (Å²) in [6.07, 6.45) is 6.30. The van der Waals surface area contributed by atoms with E-state index in [1.165, 1.54) is 6.42 Å². The van der Waals surface area contributed by atoms with E-state index in [2.05, 4.69) is 5.32 Å². The number of hydrogen-bond donors (Lipinski definition) is 1. The van der Waals surface area contributed by atoms with E-state index in [1.54, 1.807) is 0 Å². The Morgan fingerprint density at radius 3 is 2.57 bits per heavy atom. The molecule has 6 nitrogen and oxygen atoms in total. The van der Waals surface area contributed by atoms with Crippen molar-refractivity contribution < 1.29 is 23.8 Å². The predicted molar refractivity (Wildman–Crippen MR) is 111 cm³/mol. The number of hydrogen-bond acceptors (Lipinski definition) is 5. The summed E-state index contributed by atoms with van der Waals surface area (Å²) in [5, 5.41) is 2.83. The summed E-state index contributed by atoms with van der Waals surface area (Å²) in [5.41, 5.74) is 0.578. The van der Waals surface area contributed by atoms with E-state index in [-0.39, 0.29) is 23.4 Å². The van der Waals surface area contributed by atoms with E-state index in [0.717, 1.165) is 42.7 Å². The van der Waals surface area contributed by atoms with Crippen molar-refractivity contribution in [2.24, 2.45) is 17.3 Å². The number of carbonyl (C=O) groups is 2. The third kappa shape index (κ3) is 3.86. The zero-order chi connectivity index (χ0) is 20.8. The molecule has 4 fully saturated rings. The molecule has 4 saturated carbocycles. The van der Waals surface area contributed by atoms with Gasteiger partial charge >= 0.3 is 5.97 Å². The van der Waals surface area contributed by atoms with Gasteiger partial charge in [-0.3, -0.25) is 9.59 Å². The quantitative estimate of drug-likeness (QED) is 0.550.